The molecule has 1 rings (SSSR count). The second-order valence-corrected chi connectivity index (χ2v) is 4.15. The van der Waals surface area contributed by atoms with Crippen LogP contribution in [-0.4, -0.2) is 25.0 Å². The topological polar surface area (TPSA) is 45.5 Å². The quantitative estimate of drug-likeness (QED) is 0.593. The van der Waals surface area contributed by atoms with E-state index in [2.05, 4.69) is 5.43 Å². The fraction of sp³-hybridized carbons (Fsp3) is 0.583. The Balaban J connectivity index is 2.10. The number of nitrogens with zero attached hydrogens (tertiary/aromatic N) is 1. The van der Waals surface area contributed by atoms with Crippen LogP contribution in [0.5, 0.6) is 0 Å². The van der Waals surface area contributed by atoms with Gasteiger partial charge in [0.1, 0.15) is 11.5 Å². The van der Waals surface area contributed by atoms with Gasteiger partial charge in [0, 0.05) is 26.9 Å². The van der Waals surface area contributed by atoms with Crippen LogP contribution >= 0.6 is 0 Å². The van der Waals surface area contributed by atoms with Crippen LogP contribution in [0.2, 0.25) is 0 Å². The fourth-order valence-electron chi connectivity index (χ4n) is 1.51. The van der Waals surface area contributed by atoms with Crippen LogP contribution in [0.15, 0.2) is 16.5 Å². The van der Waals surface area contributed by atoms with Crippen molar-refractivity contribution < 1.29 is 9.21 Å². The monoisotopic (exact) mass is 224 g/mol. The molecule has 0 aliphatic carbocycles. The second kappa shape index (κ2) is 6.33. The molecule has 0 spiro atoms. The molecule has 0 saturated heterocycles. The van der Waals surface area contributed by atoms with Gasteiger partial charge in [0.15, 0.2) is 0 Å². The molecular weight excluding hydrogens is 204 g/mol. The van der Waals surface area contributed by atoms with Crippen molar-refractivity contribution in [1.82, 2.24) is 10.4 Å². The van der Waals surface area contributed by atoms with Crippen LogP contribution < -0.4 is 5.43 Å². The number of hydrogen-bond acceptors (Lipinski definition) is 3. The molecule has 1 heterocycles. The van der Waals surface area contributed by atoms with Crippen LogP contribution in [0.3, 0.4) is 0 Å². The van der Waals surface area contributed by atoms with E-state index in [1.807, 2.05) is 33.2 Å². The Morgan fingerprint density at radius 1 is 1.38 bits per heavy atom. The maximum Gasteiger partial charge on any atom is 0.234 e. The molecule has 0 aliphatic rings. The van der Waals surface area contributed by atoms with Crippen molar-refractivity contribution >= 4 is 5.91 Å². The molecule has 1 N–H and O–H groups in total. The number of furan rings is 1. The zero-order valence-electron chi connectivity index (χ0n) is 10.2. The standard InChI is InChI=1S/C12H20N2O2/c1-10-8-9-11(16-10)6-4-5-7-12(15)13-14(2)3/h8-9H,4-7H2,1-3H3,(H,13,15). The highest BCUT2D eigenvalue weighted by molar-refractivity contribution is 5.75. The summed E-state index contributed by atoms with van der Waals surface area (Å²) in [4.78, 5) is 11.3. The van der Waals surface area contributed by atoms with Gasteiger partial charge in [-0.1, -0.05) is 0 Å². The molecule has 16 heavy (non-hydrogen) atoms. The summed E-state index contributed by atoms with van der Waals surface area (Å²) in [5.74, 6) is 2.02. The predicted molar refractivity (Wildman–Crippen MR) is 62.8 cm³/mol. The first kappa shape index (κ1) is 12.8. The summed E-state index contributed by atoms with van der Waals surface area (Å²) < 4.78 is 5.45. The number of nitrogens with one attached hydrogen (secondary N) is 1. The smallest absolute Gasteiger partial charge is 0.234 e. The number of carbonyl (C=O) groups is 1. The van der Waals surface area contributed by atoms with Crippen LogP contribution in [0.1, 0.15) is 30.8 Å². The lowest BCUT2D eigenvalue weighted by Crippen LogP contribution is -2.35. The average Bonchev–Trinajstić information content (AvgIpc) is 2.58. The molecule has 0 unspecified atom stereocenters. The molecule has 1 aromatic heterocycles. The zero-order valence-corrected chi connectivity index (χ0v) is 10.2. The first-order valence-corrected chi connectivity index (χ1v) is 5.60. The van der Waals surface area contributed by atoms with E-state index >= 15 is 0 Å². The van der Waals surface area contributed by atoms with Gasteiger partial charge in [0.25, 0.3) is 0 Å². The number of aryl methyl sites for hydroxylation is 2. The average molecular weight is 224 g/mol. The van der Waals surface area contributed by atoms with Gasteiger partial charge < -0.3 is 4.42 Å². The number of hydrazine groups is 1. The van der Waals surface area contributed by atoms with E-state index < -0.39 is 0 Å². The maximum atomic E-state index is 11.3. The summed E-state index contributed by atoms with van der Waals surface area (Å²) in [7, 11) is 3.62. The molecule has 0 radical (unpaired) electrons. The Labute approximate surface area is 96.6 Å². The molecule has 0 aromatic carbocycles. The minimum Gasteiger partial charge on any atom is -0.466 e. The Hall–Kier alpha value is -1.29. The third kappa shape index (κ3) is 4.98. The molecule has 1 amide bonds. The van der Waals surface area contributed by atoms with Crippen molar-refractivity contribution in [3.63, 3.8) is 0 Å². The first-order valence-electron chi connectivity index (χ1n) is 5.60. The van der Waals surface area contributed by atoms with Crippen LogP contribution in [0.4, 0.5) is 0 Å². The minimum absolute atomic E-state index is 0.0700. The normalized spacial score (nSPS) is 10.8. The highest BCUT2D eigenvalue weighted by atomic mass is 16.3. The van der Waals surface area contributed by atoms with Crippen molar-refractivity contribution in [3.05, 3.63) is 23.7 Å². The SMILES string of the molecule is Cc1ccc(CCCCC(=O)NN(C)C)o1. The number of unbranched alkanes of at least 4 members (excludes halogenated alkanes) is 1. The van der Waals surface area contributed by atoms with E-state index in [4.69, 9.17) is 4.42 Å². The van der Waals surface area contributed by atoms with Gasteiger partial charge in [-0.25, -0.2) is 5.01 Å². The van der Waals surface area contributed by atoms with Crippen LogP contribution in [0, 0.1) is 6.92 Å². The number of carbonyl (C=O) groups excluding carboxylic acids is 1. The van der Waals surface area contributed by atoms with Crippen molar-refractivity contribution in [2.24, 2.45) is 0 Å². The van der Waals surface area contributed by atoms with Crippen molar-refractivity contribution in [2.45, 2.75) is 32.6 Å². The molecule has 0 fully saturated rings. The first-order chi connectivity index (χ1) is 7.58. The van der Waals surface area contributed by atoms with Crippen molar-refractivity contribution in [3.8, 4) is 0 Å². The van der Waals surface area contributed by atoms with E-state index in [1.54, 1.807) is 5.01 Å². The number of hydrogen-bond donors (Lipinski definition) is 1. The molecule has 0 aliphatic heterocycles. The van der Waals surface area contributed by atoms with Gasteiger partial charge in [-0.05, 0) is 31.9 Å². The Kier molecular flexibility index (Phi) is 5.05. The van der Waals surface area contributed by atoms with Gasteiger partial charge in [0.05, 0.1) is 0 Å². The van der Waals surface area contributed by atoms with E-state index in [0.29, 0.717) is 6.42 Å². The highest BCUT2D eigenvalue weighted by Gasteiger charge is 2.03. The van der Waals surface area contributed by atoms with Crippen LogP contribution in [0.25, 0.3) is 0 Å². The van der Waals surface area contributed by atoms with Gasteiger partial charge in [0.2, 0.25) is 5.91 Å². The zero-order chi connectivity index (χ0) is 12.0. The molecule has 0 atom stereocenters. The van der Waals surface area contributed by atoms with Crippen molar-refractivity contribution in [2.75, 3.05) is 14.1 Å². The largest absolute Gasteiger partial charge is 0.466 e. The molecule has 0 bridgehead atoms. The Morgan fingerprint density at radius 2 is 2.12 bits per heavy atom. The molecular formula is C12H20N2O2. The Morgan fingerprint density at radius 3 is 2.69 bits per heavy atom. The second-order valence-electron chi connectivity index (χ2n) is 4.15. The summed E-state index contributed by atoms with van der Waals surface area (Å²) in [5, 5.41) is 1.66. The summed E-state index contributed by atoms with van der Waals surface area (Å²) in [6.45, 7) is 1.94. The summed E-state index contributed by atoms with van der Waals surface area (Å²) in [6, 6.07) is 3.96. The molecule has 0 saturated carbocycles. The Bertz CT molecular complexity index is 332. The molecule has 1 aromatic rings. The lowest BCUT2D eigenvalue weighted by atomic mass is 10.1. The van der Waals surface area contributed by atoms with E-state index in [9.17, 15) is 4.79 Å². The summed E-state index contributed by atoms with van der Waals surface area (Å²) in [5.41, 5.74) is 2.72. The third-order valence-corrected chi connectivity index (χ3v) is 2.22. The van der Waals surface area contributed by atoms with Gasteiger partial charge in [-0.15, -0.1) is 0 Å². The van der Waals surface area contributed by atoms with Crippen LogP contribution in [-0.2, 0) is 11.2 Å². The molecule has 90 valence electrons. The van der Waals surface area contributed by atoms with E-state index in [-0.39, 0.29) is 5.91 Å². The lowest BCUT2D eigenvalue weighted by molar-refractivity contribution is -0.124. The maximum absolute atomic E-state index is 11.3. The van der Waals surface area contributed by atoms with E-state index in [0.717, 1.165) is 30.8 Å². The fourth-order valence-corrected chi connectivity index (χ4v) is 1.51. The lowest BCUT2D eigenvalue weighted by Gasteiger charge is -2.11. The van der Waals surface area contributed by atoms with Gasteiger partial charge in [-0.2, -0.15) is 0 Å². The minimum atomic E-state index is 0.0700. The number of amides is 1. The van der Waals surface area contributed by atoms with Crippen molar-refractivity contribution in [1.29, 1.82) is 0 Å². The number of rotatable bonds is 6. The van der Waals surface area contributed by atoms with Gasteiger partial charge >= 0.3 is 0 Å². The van der Waals surface area contributed by atoms with E-state index in [1.165, 1.54) is 0 Å². The third-order valence-electron chi connectivity index (χ3n) is 2.22. The van der Waals surface area contributed by atoms with Gasteiger partial charge in [-0.3, -0.25) is 10.2 Å². The molecule has 4 heteroatoms. The summed E-state index contributed by atoms with van der Waals surface area (Å²) >= 11 is 0. The summed E-state index contributed by atoms with van der Waals surface area (Å²) in [6.07, 6.45) is 3.34. The predicted octanol–water partition coefficient (Wildman–Crippen LogP) is 1.89. The highest BCUT2D eigenvalue weighted by Crippen LogP contribution is 2.10. The molecule has 4 nitrogen and oxygen atoms in total.